The van der Waals surface area contributed by atoms with Gasteiger partial charge in [-0.05, 0) is 19.2 Å². The lowest BCUT2D eigenvalue weighted by molar-refractivity contribution is -0.137. The Morgan fingerprint density at radius 3 is 2.44 bits per heavy atom. The number of aromatic nitrogens is 3. The Labute approximate surface area is 146 Å². The van der Waals surface area contributed by atoms with Crippen molar-refractivity contribution in [3.63, 3.8) is 0 Å². The molecule has 0 amide bonds. The number of benzene rings is 1. The summed E-state index contributed by atoms with van der Waals surface area (Å²) >= 11 is 1.40. The molecule has 132 valence electrons. The van der Waals surface area contributed by atoms with Crippen molar-refractivity contribution in [2.24, 2.45) is 0 Å². The van der Waals surface area contributed by atoms with Crippen LogP contribution < -0.4 is 0 Å². The van der Waals surface area contributed by atoms with Gasteiger partial charge in [0, 0.05) is 24.4 Å². The molecule has 0 aliphatic rings. The van der Waals surface area contributed by atoms with Crippen molar-refractivity contribution in [3.8, 4) is 10.6 Å². The van der Waals surface area contributed by atoms with Crippen molar-refractivity contribution in [2.45, 2.75) is 26.2 Å². The van der Waals surface area contributed by atoms with E-state index in [0.717, 1.165) is 17.8 Å². The molecule has 0 bridgehead atoms. The Bertz CT molecular complexity index is 842. The first-order valence-electron chi connectivity index (χ1n) is 7.41. The normalized spacial score (nSPS) is 12.1. The van der Waals surface area contributed by atoms with Gasteiger partial charge in [-0.1, -0.05) is 17.3 Å². The smallest absolute Gasteiger partial charge is 0.340 e. The summed E-state index contributed by atoms with van der Waals surface area (Å²) in [6.45, 7) is 2.82. The lowest BCUT2D eigenvalue weighted by atomic mass is 10.1. The number of hydrogen-bond acceptors (Lipinski definition) is 6. The van der Waals surface area contributed by atoms with Crippen LogP contribution in [0.25, 0.3) is 10.6 Å². The van der Waals surface area contributed by atoms with Gasteiger partial charge in [0.05, 0.1) is 17.8 Å². The summed E-state index contributed by atoms with van der Waals surface area (Å²) in [5.41, 5.74) is 0.839. The van der Waals surface area contributed by atoms with E-state index >= 15 is 0 Å². The molecule has 0 saturated carbocycles. The van der Waals surface area contributed by atoms with Crippen molar-refractivity contribution in [2.75, 3.05) is 7.05 Å². The fraction of sp³-hybridized carbons (Fsp3) is 0.312. The van der Waals surface area contributed by atoms with E-state index in [1.165, 1.54) is 23.5 Å². The molecule has 0 N–H and O–H groups in total. The average molecular weight is 368 g/mol. The highest BCUT2D eigenvalue weighted by Gasteiger charge is 2.30. The SMILES string of the molecule is Cc1nc(CN(C)Cc2csc(-c3ccc(C(F)(F)F)cc3)n2)no1. The van der Waals surface area contributed by atoms with Crippen molar-refractivity contribution in [1.29, 1.82) is 0 Å². The van der Waals surface area contributed by atoms with Crippen LogP contribution in [-0.4, -0.2) is 27.1 Å². The minimum Gasteiger partial charge on any atom is -0.340 e. The van der Waals surface area contributed by atoms with Gasteiger partial charge in [0.25, 0.3) is 0 Å². The maximum absolute atomic E-state index is 12.6. The molecular formula is C16H15F3N4OS. The summed E-state index contributed by atoms with van der Waals surface area (Å²) in [5, 5.41) is 6.42. The summed E-state index contributed by atoms with van der Waals surface area (Å²) in [5.74, 6) is 1.11. The number of halogens is 3. The largest absolute Gasteiger partial charge is 0.416 e. The third kappa shape index (κ3) is 4.43. The van der Waals surface area contributed by atoms with Crippen molar-refractivity contribution >= 4 is 11.3 Å². The third-order valence-corrected chi connectivity index (χ3v) is 4.36. The maximum Gasteiger partial charge on any atom is 0.416 e. The first kappa shape index (κ1) is 17.6. The Hall–Kier alpha value is -2.26. The highest BCUT2D eigenvalue weighted by atomic mass is 32.1. The molecule has 2 aromatic heterocycles. The number of rotatable bonds is 5. The summed E-state index contributed by atoms with van der Waals surface area (Å²) in [4.78, 5) is 10.6. The lowest BCUT2D eigenvalue weighted by Crippen LogP contribution is -2.18. The molecular weight excluding hydrogens is 353 g/mol. The molecule has 5 nitrogen and oxygen atoms in total. The average Bonchev–Trinajstić information content (AvgIpc) is 3.16. The van der Waals surface area contributed by atoms with Crippen LogP contribution in [0.3, 0.4) is 0 Å². The van der Waals surface area contributed by atoms with Crippen LogP contribution in [0.15, 0.2) is 34.2 Å². The minimum absolute atomic E-state index is 0.515. The molecule has 3 rings (SSSR count). The molecule has 9 heteroatoms. The number of aryl methyl sites for hydroxylation is 1. The van der Waals surface area contributed by atoms with Gasteiger partial charge in [-0.15, -0.1) is 11.3 Å². The van der Waals surface area contributed by atoms with Gasteiger partial charge >= 0.3 is 6.18 Å². The van der Waals surface area contributed by atoms with E-state index in [1.807, 2.05) is 17.3 Å². The quantitative estimate of drug-likeness (QED) is 0.677. The van der Waals surface area contributed by atoms with Gasteiger partial charge in [0.2, 0.25) is 5.89 Å². The number of alkyl halides is 3. The zero-order valence-electron chi connectivity index (χ0n) is 13.5. The van der Waals surface area contributed by atoms with Crippen molar-refractivity contribution in [1.82, 2.24) is 20.0 Å². The van der Waals surface area contributed by atoms with Crippen LogP contribution in [0.1, 0.15) is 23.0 Å². The molecule has 25 heavy (non-hydrogen) atoms. The van der Waals surface area contributed by atoms with E-state index in [4.69, 9.17) is 4.52 Å². The highest BCUT2D eigenvalue weighted by molar-refractivity contribution is 7.13. The predicted molar refractivity (Wildman–Crippen MR) is 86.8 cm³/mol. The summed E-state index contributed by atoms with van der Waals surface area (Å²) in [7, 11) is 1.91. The van der Waals surface area contributed by atoms with Crippen LogP contribution in [0.4, 0.5) is 13.2 Å². The van der Waals surface area contributed by atoms with E-state index in [9.17, 15) is 13.2 Å². The fourth-order valence-corrected chi connectivity index (χ4v) is 3.11. The van der Waals surface area contributed by atoms with E-state index in [2.05, 4.69) is 15.1 Å². The van der Waals surface area contributed by atoms with Crippen LogP contribution in [0.2, 0.25) is 0 Å². The van der Waals surface area contributed by atoms with E-state index in [0.29, 0.717) is 35.4 Å². The van der Waals surface area contributed by atoms with Crippen LogP contribution in [-0.2, 0) is 19.3 Å². The van der Waals surface area contributed by atoms with E-state index in [-0.39, 0.29) is 0 Å². The Kier molecular flexibility index (Phi) is 4.87. The molecule has 0 saturated heterocycles. The first-order chi connectivity index (χ1) is 11.8. The van der Waals surface area contributed by atoms with Gasteiger partial charge < -0.3 is 4.52 Å². The Morgan fingerprint density at radius 2 is 1.84 bits per heavy atom. The molecule has 0 radical (unpaired) electrons. The second-order valence-electron chi connectivity index (χ2n) is 5.62. The summed E-state index contributed by atoms with van der Waals surface area (Å²) in [6.07, 6.45) is -4.33. The standard InChI is InChI=1S/C16H15F3N4OS/c1-10-20-14(22-24-10)8-23(2)7-13-9-25-15(21-13)11-3-5-12(6-4-11)16(17,18)19/h3-6,9H,7-8H2,1-2H3. The third-order valence-electron chi connectivity index (χ3n) is 3.42. The Balaban J connectivity index is 1.65. The zero-order valence-corrected chi connectivity index (χ0v) is 14.4. The lowest BCUT2D eigenvalue weighted by Gasteiger charge is -2.12. The predicted octanol–water partition coefficient (Wildman–Crippen LogP) is 4.15. The first-order valence-corrected chi connectivity index (χ1v) is 8.29. The fourth-order valence-electron chi connectivity index (χ4n) is 2.29. The van der Waals surface area contributed by atoms with Gasteiger partial charge in [0.15, 0.2) is 5.82 Å². The van der Waals surface area contributed by atoms with Crippen LogP contribution in [0, 0.1) is 6.92 Å². The molecule has 1 aromatic carbocycles. The van der Waals surface area contributed by atoms with Crippen LogP contribution in [0.5, 0.6) is 0 Å². The monoisotopic (exact) mass is 368 g/mol. The Morgan fingerprint density at radius 1 is 1.12 bits per heavy atom. The van der Waals surface area contributed by atoms with Crippen molar-refractivity contribution in [3.05, 3.63) is 52.6 Å². The summed E-state index contributed by atoms with van der Waals surface area (Å²) < 4.78 is 42.8. The summed E-state index contributed by atoms with van der Waals surface area (Å²) in [6, 6.07) is 5.02. The van der Waals surface area contributed by atoms with E-state index in [1.54, 1.807) is 6.92 Å². The topological polar surface area (TPSA) is 55.1 Å². The molecule has 2 heterocycles. The van der Waals surface area contributed by atoms with Gasteiger partial charge in [-0.3, -0.25) is 4.90 Å². The molecule has 0 aliphatic heterocycles. The molecule has 3 aromatic rings. The molecule has 0 fully saturated rings. The van der Waals surface area contributed by atoms with E-state index < -0.39 is 11.7 Å². The molecule has 0 atom stereocenters. The van der Waals surface area contributed by atoms with Crippen molar-refractivity contribution < 1.29 is 17.7 Å². The van der Waals surface area contributed by atoms with Crippen LogP contribution >= 0.6 is 11.3 Å². The second kappa shape index (κ2) is 6.93. The minimum atomic E-state index is -4.33. The number of nitrogens with zero attached hydrogens (tertiary/aromatic N) is 4. The number of thiazole rings is 1. The maximum atomic E-state index is 12.6. The molecule has 0 spiro atoms. The zero-order chi connectivity index (χ0) is 18.0. The number of hydrogen-bond donors (Lipinski definition) is 0. The highest BCUT2D eigenvalue weighted by Crippen LogP contribution is 2.31. The molecule has 0 unspecified atom stereocenters. The van der Waals surface area contributed by atoms with Gasteiger partial charge in [-0.2, -0.15) is 18.2 Å². The molecule has 0 aliphatic carbocycles. The van der Waals surface area contributed by atoms with Gasteiger partial charge in [-0.25, -0.2) is 4.98 Å². The second-order valence-corrected chi connectivity index (χ2v) is 6.48. The van der Waals surface area contributed by atoms with Gasteiger partial charge in [0.1, 0.15) is 5.01 Å².